The first-order chi connectivity index (χ1) is 6.22. The molecule has 2 unspecified atom stereocenters. The van der Waals surface area contributed by atoms with Gasteiger partial charge in [-0.1, -0.05) is 0 Å². The van der Waals surface area contributed by atoms with Crippen LogP contribution in [0.1, 0.15) is 6.42 Å². The van der Waals surface area contributed by atoms with Gasteiger partial charge in [-0.05, 0) is 12.3 Å². The molecule has 13 heavy (non-hydrogen) atoms. The number of hydrogen-bond acceptors (Lipinski definition) is 3. The highest BCUT2D eigenvalue weighted by Crippen LogP contribution is 2.30. The van der Waals surface area contributed by atoms with Gasteiger partial charge in [0.25, 0.3) is 0 Å². The Morgan fingerprint density at radius 1 is 1.54 bits per heavy atom. The van der Waals surface area contributed by atoms with E-state index in [1.807, 2.05) is 5.06 Å². The Kier molecular flexibility index (Phi) is 2.13. The molecule has 0 aliphatic carbocycles. The number of hydrogen-bond donors (Lipinski definition) is 1. The van der Waals surface area contributed by atoms with Gasteiger partial charge in [0, 0.05) is 19.6 Å². The van der Waals surface area contributed by atoms with Gasteiger partial charge in [-0.25, -0.2) is 4.79 Å². The van der Waals surface area contributed by atoms with Gasteiger partial charge in [-0.2, -0.15) is 5.06 Å². The fourth-order valence-corrected chi connectivity index (χ4v) is 2.31. The fourth-order valence-electron chi connectivity index (χ4n) is 2.31. The molecular weight excluding hydrogens is 172 g/mol. The lowest BCUT2D eigenvalue weighted by Crippen LogP contribution is -2.35. The van der Waals surface area contributed by atoms with Crippen molar-refractivity contribution in [3.05, 3.63) is 0 Å². The summed E-state index contributed by atoms with van der Waals surface area (Å²) in [6, 6.07) is 0.279. The van der Waals surface area contributed by atoms with Crippen LogP contribution in [0.2, 0.25) is 0 Å². The van der Waals surface area contributed by atoms with Crippen molar-refractivity contribution in [2.75, 3.05) is 26.7 Å². The van der Waals surface area contributed by atoms with Crippen LogP contribution in [0.5, 0.6) is 0 Å². The van der Waals surface area contributed by atoms with Gasteiger partial charge < -0.3 is 14.8 Å². The summed E-state index contributed by atoms with van der Waals surface area (Å²) in [5.41, 5.74) is 0. The largest absolute Gasteiger partial charge is 0.465 e. The van der Waals surface area contributed by atoms with Crippen LogP contribution in [-0.2, 0) is 4.84 Å². The van der Waals surface area contributed by atoms with Gasteiger partial charge in [0.15, 0.2) is 0 Å². The highest BCUT2D eigenvalue weighted by molar-refractivity contribution is 5.65. The molecule has 0 aromatic carbocycles. The minimum absolute atomic E-state index is 0.279. The zero-order valence-electron chi connectivity index (χ0n) is 7.64. The van der Waals surface area contributed by atoms with Crippen molar-refractivity contribution in [2.24, 2.45) is 5.92 Å². The quantitative estimate of drug-likeness (QED) is 0.637. The number of nitrogens with zero attached hydrogens (tertiary/aromatic N) is 2. The molecule has 0 aromatic rings. The molecule has 2 aliphatic heterocycles. The zero-order chi connectivity index (χ0) is 9.42. The Balaban J connectivity index is 2.01. The van der Waals surface area contributed by atoms with Crippen molar-refractivity contribution < 1.29 is 14.7 Å². The van der Waals surface area contributed by atoms with Crippen molar-refractivity contribution in [3.63, 3.8) is 0 Å². The number of likely N-dealkylation sites (tertiary alicyclic amines) is 1. The molecule has 2 saturated heterocycles. The Morgan fingerprint density at radius 3 is 2.92 bits per heavy atom. The van der Waals surface area contributed by atoms with E-state index < -0.39 is 6.09 Å². The average molecular weight is 186 g/mol. The van der Waals surface area contributed by atoms with Crippen LogP contribution in [-0.4, -0.2) is 53.9 Å². The molecule has 1 N–H and O–H groups in total. The number of carboxylic acid groups (broad SMARTS) is 1. The molecule has 0 bridgehead atoms. The summed E-state index contributed by atoms with van der Waals surface area (Å²) in [6.45, 7) is 2.19. The summed E-state index contributed by atoms with van der Waals surface area (Å²) in [5, 5.41) is 10.7. The van der Waals surface area contributed by atoms with Crippen molar-refractivity contribution in [1.82, 2.24) is 9.96 Å². The maximum Gasteiger partial charge on any atom is 0.407 e. The minimum Gasteiger partial charge on any atom is -0.465 e. The Bertz CT molecular complexity index is 221. The third-order valence-corrected chi connectivity index (χ3v) is 3.00. The summed E-state index contributed by atoms with van der Waals surface area (Å²) < 4.78 is 0. The maximum absolute atomic E-state index is 10.7. The summed E-state index contributed by atoms with van der Waals surface area (Å²) in [4.78, 5) is 17.3. The standard InChI is InChI=1S/C8H14N2O3/c1-13-10-3-2-6-4-9(8(11)12)5-7(6)10/h6-7H,2-5H2,1H3,(H,11,12). The molecule has 2 aliphatic rings. The Morgan fingerprint density at radius 2 is 2.31 bits per heavy atom. The van der Waals surface area contributed by atoms with E-state index in [9.17, 15) is 4.79 Å². The second kappa shape index (κ2) is 3.16. The van der Waals surface area contributed by atoms with E-state index in [2.05, 4.69) is 0 Å². The molecule has 5 heteroatoms. The van der Waals surface area contributed by atoms with E-state index in [4.69, 9.17) is 9.94 Å². The molecule has 74 valence electrons. The number of carbonyl (C=O) groups is 1. The SMILES string of the molecule is CON1CCC2CN(C(=O)O)CC21. The van der Waals surface area contributed by atoms with Gasteiger partial charge in [0.2, 0.25) is 0 Å². The lowest BCUT2D eigenvalue weighted by atomic mass is 10.1. The number of amides is 1. The molecule has 2 heterocycles. The molecule has 5 nitrogen and oxygen atoms in total. The molecular formula is C8H14N2O3. The summed E-state index contributed by atoms with van der Waals surface area (Å²) in [5.74, 6) is 0.469. The third-order valence-electron chi connectivity index (χ3n) is 3.00. The van der Waals surface area contributed by atoms with Crippen molar-refractivity contribution in [1.29, 1.82) is 0 Å². The van der Waals surface area contributed by atoms with Crippen LogP contribution >= 0.6 is 0 Å². The van der Waals surface area contributed by atoms with E-state index in [0.29, 0.717) is 19.0 Å². The second-order valence-corrected chi connectivity index (χ2v) is 3.63. The highest BCUT2D eigenvalue weighted by Gasteiger charge is 2.43. The van der Waals surface area contributed by atoms with Gasteiger partial charge in [-0.3, -0.25) is 0 Å². The number of hydroxylamine groups is 2. The predicted octanol–water partition coefficient (Wildman–Crippen LogP) is 0.232. The molecule has 0 radical (unpaired) electrons. The van der Waals surface area contributed by atoms with Crippen LogP contribution in [0.25, 0.3) is 0 Å². The van der Waals surface area contributed by atoms with Gasteiger partial charge in [0.05, 0.1) is 13.2 Å². The molecule has 2 rings (SSSR count). The maximum atomic E-state index is 10.7. The predicted molar refractivity (Wildman–Crippen MR) is 45.2 cm³/mol. The zero-order valence-corrected chi connectivity index (χ0v) is 7.64. The topological polar surface area (TPSA) is 53.0 Å². The smallest absolute Gasteiger partial charge is 0.407 e. The van der Waals surface area contributed by atoms with Crippen LogP contribution in [0.15, 0.2) is 0 Å². The summed E-state index contributed by atoms with van der Waals surface area (Å²) in [6.07, 6.45) is 0.230. The second-order valence-electron chi connectivity index (χ2n) is 3.63. The first kappa shape index (κ1) is 8.77. The first-order valence-corrected chi connectivity index (χ1v) is 4.51. The summed E-state index contributed by atoms with van der Waals surface area (Å²) >= 11 is 0. The van der Waals surface area contributed by atoms with Crippen LogP contribution < -0.4 is 0 Å². The average Bonchev–Trinajstić information content (AvgIpc) is 2.60. The molecule has 2 atom stereocenters. The molecule has 2 fully saturated rings. The molecule has 0 spiro atoms. The van der Waals surface area contributed by atoms with Gasteiger partial charge in [0.1, 0.15) is 0 Å². The fraction of sp³-hybridized carbons (Fsp3) is 0.875. The molecule has 1 amide bonds. The van der Waals surface area contributed by atoms with E-state index >= 15 is 0 Å². The monoisotopic (exact) mass is 186 g/mol. The first-order valence-electron chi connectivity index (χ1n) is 4.51. The normalized spacial score (nSPS) is 33.8. The van der Waals surface area contributed by atoms with Crippen molar-refractivity contribution in [2.45, 2.75) is 12.5 Å². The van der Waals surface area contributed by atoms with E-state index in [1.165, 1.54) is 4.90 Å². The van der Waals surface area contributed by atoms with Crippen molar-refractivity contribution in [3.8, 4) is 0 Å². The minimum atomic E-state index is -0.814. The van der Waals surface area contributed by atoms with Gasteiger partial charge >= 0.3 is 6.09 Å². The Hall–Kier alpha value is -0.810. The lowest BCUT2D eigenvalue weighted by Gasteiger charge is -2.20. The van der Waals surface area contributed by atoms with E-state index in [0.717, 1.165) is 13.0 Å². The van der Waals surface area contributed by atoms with Crippen LogP contribution in [0.4, 0.5) is 4.79 Å². The summed E-state index contributed by atoms with van der Waals surface area (Å²) in [7, 11) is 1.64. The van der Waals surface area contributed by atoms with E-state index in [-0.39, 0.29) is 6.04 Å². The van der Waals surface area contributed by atoms with Crippen LogP contribution in [0, 0.1) is 5.92 Å². The van der Waals surface area contributed by atoms with Crippen LogP contribution in [0.3, 0.4) is 0 Å². The molecule has 0 saturated carbocycles. The third kappa shape index (κ3) is 1.38. The molecule has 0 aromatic heterocycles. The van der Waals surface area contributed by atoms with E-state index in [1.54, 1.807) is 7.11 Å². The van der Waals surface area contributed by atoms with Crippen molar-refractivity contribution >= 4 is 6.09 Å². The lowest BCUT2D eigenvalue weighted by molar-refractivity contribution is -0.141. The Labute approximate surface area is 76.8 Å². The van der Waals surface area contributed by atoms with Gasteiger partial charge in [-0.15, -0.1) is 0 Å². The number of rotatable bonds is 1. The highest BCUT2D eigenvalue weighted by atomic mass is 16.7. The number of fused-ring (bicyclic) bond motifs is 1.